The van der Waals surface area contributed by atoms with Crippen LogP contribution in [-0.4, -0.2) is 29.0 Å². The number of hydrogen-bond donors (Lipinski definition) is 1. The number of nitrogens with one attached hydrogen (secondary N) is 1. The predicted octanol–water partition coefficient (Wildman–Crippen LogP) is 3.82. The number of para-hydroxylation sites is 2. The highest BCUT2D eigenvalue weighted by molar-refractivity contribution is 6.06. The van der Waals surface area contributed by atoms with Gasteiger partial charge in [-0.05, 0) is 54.6 Å². The van der Waals surface area contributed by atoms with Crippen LogP contribution in [0, 0.1) is 0 Å². The number of esters is 1. The first-order chi connectivity index (χ1) is 13.1. The van der Waals surface area contributed by atoms with Crippen LogP contribution in [0.15, 0.2) is 66.7 Å². The van der Waals surface area contributed by atoms with Crippen LogP contribution in [0.4, 0.5) is 5.69 Å². The molecule has 0 bridgehead atoms. The van der Waals surface area contributed by atoms with Gasteiger partial charge in [-0.25, -0.2) is 14.8 Å². The lowest BCUT2D eigenvalue weighted by atomic mass is 10.1. The molecule has 0 aliphatic carbocycles. The van der Waals surface area contributed by atoms with E-state index in [-0.39, 0.29) is 5.91 Å². The molecule has 1 heterocycles. The highest BCUT2D eigenvalue weighted by Crippen LogP contribution is 2.18. The number of hydrogen-bond acceptors (Lipinski definition) is 5. The molecule has 0 saturated carbocycles. The van der Waals surface area contributed by atoms with E-state index in [0.717, 1.165) is 16.6 Å². The van der Waals surface area contributed by atoms with Crippen molar-refractivity contribution in [1.29, 1.82) is 0 Å². The minimum absolute atomic E-state index is 0.266. The Morgan fingerprint density at radius 1 is 0.778 bits per heavy atom. The largest absolute Gasteiger partial charge is 0.465 e. The number of anilines is 1. The summed E-state index contributed by atoms with van der Waals surface area (Å²) in [4.78, 5) is 33.1. The average molecular weight is 357 g/mol. The molecule has 4 aromatic rings. The Labute approximate surface area is 154 Å². The van der Waals surface area contributed by atoms with E-state index < -0.39 is 5.97 Å². The smallest absolute Gasteiger partial charge is 0.337 e. The highest BCUT2D eigenvalue weighted by Gasteiger charge is 2.10. The normalized spacial score (nSPS) is 10.7. The molecule has 132 valence electrons. The second-order valence-electron chi connectivity index (χ2n) is 5.94. The molecule has 27 heavy (non-hydrogen) atoms. The molecule has 1 amide bonds. The van der Waals surface area contributed by atoms with E-state index >= 15 is 0 Å². The molecule has 4 rings (SSSR count). The van der Waals surface area contributed by atoms with Gasteiger partial charge in [-0.15, -0.1) is 0 Å². The highest BCUT2D eigenvalue weighted by atomic mass is 16.5. The van der Waals surface area contributed by atoms with Crippen molar-refractivity contribution in [3.05, 3.63) is 77.9 Å². The lowest BCUT2D eigenvalue weighted by Crippen LogP contribution is -2.12. The van der Waals surface area contributed by atoms with Crippen LogP contribution in [0.3, 0.4) is 0 Å². The van der Waals surface area contributed by atoms with E-state index in [9.17, 15) is 9.59 Å². The molecule has 0 aliphatic rings. The summed E-state index contributed by atoms with van der Waals surface area (Å²) in [7, 11) is 1.32. The Morgan fingerprint density at radius 3 is 2.04 bits per heavy atom. The van der Waals surface area contributed by atoms with Crippen LogP contribution < -0.4 is 5.32 Å². The van der Waals surface area contributed by atoms with Crippen molar-refractivity contribution < 1.29 is 14.3 Å². The summed E-state index contributed by atoms with van der Waals surface area (Å²) in [5.74, 6) is -0.689. The summed E-state index contributed by atoms with van der Waals surface area (Å²) in [6.07, 6.45) is 0. The van der Waals surface area contributed by atoms with Gasteiger partial charge in [-0.2, -0.15) is 0 Å². The molecule has 6 nitrogen and oxygen atoms in total. The Kier molecular flexibility index (Phi) is 4.22. The zero-order valence-corrected chi connectivity index (χ0v) is 14.5. The van der Waals surface area contributed by atoms with E-state index in [4.69, 9.17) is 0 Å². The Hall–Kier alpha value is -3.80. The number of amides is 1. The molecule has 1 N–H and O–H groups in total. The zero-order chi connectivity index (χ0) is 18.8. The molecule has 0 saturated heterocycles. The average Bonchev–Trinajstić information content (AvgIpc) is 2.71. The van der Waals surface area contributed by atoms with Crippen LogP contribution in [0.5, 0.6) is 0 Å². The number of fused-ring (bicyclic) bond motifs is 2. The Balaban J connectivity index is 1.60. The van der Waals surface area contributed by atoms with Crippen molar-refractivity contribution in [3.8, 4) is 0 Å². The first-order valence-corrected chi connectivity index (χ1v) is 8.30. The molecular formula is C21H15N3O3. The third kappa shape index (κ3) is 3.32. The molecule has 0 aliphatic heterocycles. The summed E-state index contributed by atoms with van der Waals surface area (Å²) < 4.78 is 4.66. The maximum atomic E-state index is 12.5. The fourth-order valence-electron chi connectivity index (χ4n) is 2.77. The lowest BCUT2D eigenvalue weighted by Gasteiger charge is -2.07. The van der Waals surface area contributed by atoms with Crippen molar-refractivity contribution in [2.75, 3.05) is 12.4 Å². The second-order valence-corrected chi connectivity index (χ2v) is 5.94. The van der Waals surface area contributed by atoms with Gasteiger partial charge in [0, 0.05) is 11.3 Å². The predicted molar refractivity (Wildman–Crippen MR) is 103 cm³/mol. The van der Waals surface area contributed by atoms with Crippen molar-refractivity contribution in [2.45, 2.75) is 0 Å². The van der Waals surface area contributed by atoms with Crippen LogP contribution in [0.1, 0.15) is 20.7 Å². The SMILES string of the molecule is COC(=O)c1ccc(NC(=O)c2ccc3nc4ccccc4nc3c2)cc1. The number of carbonyl (C=O) groups excluding carboxylic acids is 2. The standard InChI is InChI=1S/C21H15N3O3/c1-27-21(26)13-6-9-15(10-7-13)22-20(25)14-8-11-18-19(12-14)24-17-5-3-2-4-16(17)23-18/h2-12H,1H3,(H,22,25). The number of aromatic nitrogens is 2. The van der Waals surface area contributed by atoms with E-state index in [1.165, 1.54) is 7.11 Å². The molecule has 0 fully saturated rings. The van der Waals surface area contributed by atoms with Gasteiger partial charge in [0.05, 0.1) is 34.7 Å². The first kappa shape index (κ1) is 16.7. The fourth-order valence-corrected chi connectivity index (χ4v) is 2.77. The van der Waals surface area contributed by atoms with Gasteiger partial charge in [-0.1, -0.05) is 12.1 Å². The van der Waals surface area contributed by atoms with Gasteiger partial charge in [0.2, 0.25) is 0 Å². The summed E-state index contributed by atoms with van der Waals surface area (Å²) >= 11 is 0. The summed E-state index contributed by atoms with van der Waals surface area (Å²) in [6, 6.07) is 19.3. The van der Waals surface area contributed by atoms with Crippen molar-refractivity contribution in [3.63, 3.8) is 0 Å². The summed E-state index contributed by atoms with van der Waals surface area (Å²) in [6.45, 7) is 0. The Bertz CT molecular complexity index is 1170. The first-order valence-electron chi connectivity index (χ1n) is 8.30. The number of rotatable bonds is 3. The van der Waals surface area contributed by atoms with Gasteiger partial charge in [0.1, 0.15) is 0 Å². The van der Waals surface area contributed by atoms with Gasteiger partial charge >= 0.3 is 5.97 Å². The summed E-state index contributed by atoms with van der Waals surface area (Å²) in [5.41, 5.74) is 4.45. The third-order valence-corrected chi connectivity index (χ3v) is 4.17. The van der Waals surface area contributed by atoms with Crippen molar-refractivity contribution >= 4 is 39.6 Å². The molecule has 0 unspecified atom stereocenters. The molecule has 1 aromatic heterocycles. The topological polar surface area (TPSA) is 81.2 Å². The maximum absolute atomic E-state index is 12.5. The van der Waals surface area contributed by atoms with E-state index in [1.54, 1.807) is 42.5 Å². The number of ether oxygens (including phenoxy) is 1. The van der Waals surface area contributed by atoms with Gasteiger partial charge in [0.15, 0.2) is 0 Å². The minimum atomic E-state index is -0.423. The molecular weight excluding hydrogens is 342 g/mol. The number of nitrogens with zero attached hydrogens (tertiary/aromatic N) is 2. The number of methoxy groups -OCH3 is 1. The maximum Gasteiger partial charge on any atom is 0.337 e. The number of carbonyl (C=O) groups is 2. The molecule has 6 heteroatoms. The van der Waals surface area contributed by atoms with Crippen LogP contribution in [-0.2, 0) is 4.74 Å². The van der Waals surface area contributed by atoms with Gasteiger partial charge < -0.3 is 10.1 Å². The lowest BCUT2D eigenvalue weighted by molar-refractivity contribution is 0.0600. The molecule has 0 spiro atoms. The zero-order valence-electron chi connectivity index (χ0n) is 14.5. The summed E-state index contributed by atoms with van der Waals surface area (Å²) in [5, 5.41) is 2.80. The minimum Gasteiger partial charge on any atom is -0.465 e. The monoisotopic (exact) mass is 357 g/mol. The van der Waals surface area contributed by atoms with Crippen LogP contribution in [0.25, 0.3) is 22.1 Å². The Morgan fingerprint density at radius 2 is 1.37 bits per heavy atom. The third-order valence-electron chi connectivity index (χ3n) is 4.17. The van der Waals surface area contributed by atoms with E-state index in [2.05, 4.69) is 20.0 Å². The van der Waals surface area contributed by atoms with E-state index in [1.807, 2.05) is 24.3 Å². The molecule has 0 atom stereocenters. The van der Waals surface area contributed by atoms with Gasteiger partial charge in [-0.3, -0.25) is 4.79 Å². The number of benzene rings is 3. The van der Waals surface area contributed by atoms with Gasteiger partial charge in [0.25, 0.3) is 5.91 Å². The van der Waals surface area contributed by atoms with Crippen LogP contribution >= 0.6 is 0 Å². The second kappa shape index (κ2) is 6.84. The van der Waals surface area contributed by atoms with Crippen molar-refractivity contribution in [1.82, 2.24) is 9.97 Å². The fraction of sp³-hybridized carbons (Fsp3) is 0.0476. The van der Waals surface area contributed by atoms with E-state index in [0.29, 0.717) is 22.3 Å². The molecule has 0 radical (unpaired) electrons. The quantitative estimate of drug-likeness (QED) is 0.445. The van der Waals surface area contributed by atoms with Crippen molar-refractivity contribution in [2.24, 2.45) is 0 Å². The van der Waals surface area contributed by atoms with Crippen LogP contribution in [0.2, 0.25) is 0 Å². The molecule has 3 aromatic carbocycles.